The maximum absolute atomic E-state index is 11.8. The molecule has 0 amide bonds. The van der Waals surface area contributed by atoms with Gasteiger partial charge in [0.2, 0.25) is 5.89 Å². The number of carboxylic acids is 1. The van der Waals surface area contributed by atoms with E-state index in [1.54, 1.807) is 38.5 Å². The lowest BCUT2D eigenvalue weighted by Crippen LogP contribution is -2.28. The minimum atomic E-state index is -1.12. The van der Waals surface area contributed by atoms with Gasteiger partial charge in [0.15, 0.2) is 5.88 Å². The molecule has 0 saturated carbocycles. The molecule has 0 bridgehead atoms. The zero-order valence-corrected chi connectivity index (χ0v) is 18.6. The molecule has 0 radical (unpaired) electrons. The second-order valence-electron chi connectivity index (χ2n) is 7.11. The first-order chi connectivity index (χ1) is 15.6. The Kier molecular flexibility index (Phi) is 6.69. The Hall–Kier alpha value is -3.40. The maximum Gasteiger partial charge on any atom is 0.342 e. The highest BCUT2D eigenvalue weighted by atomic mass is 32.2. The van der Waals surface area contributed by atoms with Crippen LogP contribution in [-0.2, 0) is 4.79 Å². The number of hydrogen-bond donors (Lipinski definition) is 1. The first-order valence-corrected chi connectivity index (χ1v) is 10.9. The number of benzene rings is 1. The highest BCUT2D eigenvalue weighted by Crippen LogP contribution is 2.33. The van der Waals surface area contributed by atoms with Crippen LogP contribution in [0.4, 0.5) is 5.88 Å². The molecule has 0 atom stereocenters. The van der Waals surface area contributed by atoms with Gasteiger partial charge < -0.3 is 28.3 Å². The molecule has 1 aromatic carbocycles. The van der Waals surface area contributed by atoms with Crippen molar-refractivity contribution in [3.05, 3.63) is 41.0 Å². The standard InChI is InChI=1S/C22H23N3O6S/c1-28-16-10-14(11-17(12-16)29-2)20-23-24-22(31-20)32-18(21(26)27)13-15-6-7-19(30-15)25-8-4-3-5-9-25/h6-7,10-13H,3-5,8-9H2,1-2H3,(H,26,27)/b18-13-. The van der Waals surface area contributed by atoms with Crippen molar-refractivity contribution >= 4 is 29.7 Å². The summed E-state index contributed by atoms with van der Waals surface area (Å²) in [5.41, 5.74) is 0.596. The van der Waals surface area contributed by atoms with E-state index < -0.39 is 5.97 Å². The third-order valence-electron chi connectivity index (χ3n) is 4.97. The number of rotatable bonds is 8. The zero-order valence-electron chi connectivity index (χ0n) is 17.7. The van der Waals surface area contributed by atoms with E-state index in [-0.39, 0.29) is 16.0 Å². The van der Waals surface area contributed by atoms with Crippen molar-refractivity contribution in [1.82, 2.24) is 10.2 Å². The molecule has 168 valence electrons. The number of hydrogen-bond acceptors (Lipinski definition) is 9. The number of methoxy groups -OCH3 is 2. The van der Waals surface area contributed by atoms with Crippen LogP contribution in [0.15, 0.2) is 49.3 Å². The topological polar surface area (TPSA) is 111 Å². The van der Waals surface area contributed by atoms with Gasteiger partial charge in [-0.2, -0.15) is 0 Å². The molecule has 3 aromatic rings. The molecule has 9 nitrogen and oxygen atoms in total. The summed E-state index contributed by atoms with van der Waals surface area (Å²) in [5.74, 6) is 1.44. The summed E-state index contributed by atoms with van der Waals surface area (Å²) in [5, 5.41) is 17.7. The molecule has 0 aliphatic carbocycles. The van der Waals surface area contributed by atoms with Crippen molar-refractivity contribution < 1.29 is 28.2 Å². The van der Waals surface area contributed by atoms with Crippen LogP contribution in [0.2, 0.25) is 0 Å². The molecule has 4 rings (SSSR count). The Balaban J connectivity index is 1.53. The molecule has 32 heavy (non-hydrogen) atoms. The van der Waals surface area contributed by atoms with E-state index in [0.717, 1.165) is 43.6 Å². The molecular formula is C22H23N3O6S. The molecule has 1 aliphatic heterocycles. The van der Waals surface area contributed by atoms with Crippen LogP contribution in [0, 0.1) is 0 Å². The van der Waals surface area contributed by atoms with Gasteiger partial charge in [-0.05, 0) is 49.2 Å². The first-order valence-electron chi connectivity index (χ1n) is 10.1. The highest BCUT2D eigenvalue weighted by molar-refractivity contribution is 8.03. The van der Waals surface area contributed by atoms with Crippen LogP contribution in [0.25, 0.3) is 17.5 Å². The average Bonchev–Trinajstić information content (AvgIpc) is 3.49. The number of ether oxygens (including phenoxy) is 2. The van der Waals surface area contributed by atoms with E-state index in [2.05, 4.69) is 15.1 Å². The number of carbonyl (C=O) groups is 1. The molecule has 10 heteroatoms. The van der Waals surface area contributed by atoms with Crippen molar-refractivity contribution in [2.75, 3.05) is 32.2 Å². The van der Waals surface area contributed by atoms with Gasteiger partial charge in [-0.25, -0.2) is 4.79 Å². The second-order valence-corrected chi connectivity index (χ2v) is 8.11. The van der Waals surface area contributed by atoms with E-state index in [9.17, 15) is 9.90 Å². The largest absolute Gasteiger partial charge is 0.497 e. The van der Waals surface area contributed by atoms with E-state index >= 15 is 0 Å². The third kappa shape index (κ3) is 5.08. The summed E-state index contributed by atoms with van der Waals surface area (Å²) in [6.45, 7) is 1.88. The number of anilines is 1. The van der Waals surface area contributed by atoms with Crippen molar-refractivity contribution in [1.29, 1.82) is 0 Å². The van der Waals surface area contributed by atoms with Gasteiger partial charge in [-0.3, -0.25) is 0 Å². The molecule has 1 saturated heterocycles. The number of thioether (sulfide) groups is 1. The monoisotopic (exact) mass is 457 g/mol. The molecular weight excluding hydrogens is 434 g/mol. The molecule has 1 fully saturated rings. The summed E-state index contributed by atoms with van der Waals surface area (Å²) in [4.78, 5) is 14.0. The number of furan rings is 1. The molecule has 0 unspecified atom stereocenters. The Morgan fingerprint density at radius 2 is 1.78 bits per heavy atom. The van der Waals surface area contributed by atoms with Gasteiger partial charge in [-0.1, -0.05) is 0 Å². The van der Waals surface area contributed by atoms with Gasteiger partial charge in [-0.15, -0.1) is 10.2 Å². The predicted octanol–water partition coefficient (Wildman–Crippen LogP) is 4.55. The molecule has 0 spiro atoms. The number of carboxylic acid groups (broad SMARTS) is 1. The Labute approximate surface area is 189 Å². The minimum absolute atomic E-state index is 0.00275. The fraction of sp³-hybridized carbons (Fsp3) is 0.318. The fourth-order valence-corrected chi connectivity index (χ4v) is 4.01. The Morgan fingerprint density at radius 1 is 1.06 bits per heavy atom. The molecule has 1 N–H and O–H groups in total. The first kappa shape index (κ1) is 21.8. The van der Waals surface area contributed by atoms with Crippen LogP contribution in [0.3, 0.4) is 0 Å². The normalized spacial score (nSPS) is 14.4. The van der Waals surface area contributed by atoms with Gasteiger partial charge in [0.1, 0.15) is 22.2 Å². The predicted molar refractivity (Wildman–Crippen MR) is 119 cm³/mol. The number of piperidine rings is 1. The number of aromatic nitrogens is 2. The highest BCUT2D eigenvalue weighted by Gasteiger charge is 2.19. The third-order valence-corrected chi connectivity index (χ3v) is 5.82. The SMILES string of the molecule is COc1cc(OC)cc(-c2nnc(S/C(=C\c3ccc(N4CCCCC4)o3)C(=O)O)o2)c1. The summed E-state index contributed by atoms with van der Waals surface area (Å²) < 4.78 is 22.0. The summed E-state index contributed by atoms with van der Waals surface area (Å²) in [6.07, 6.45) is 4.93. The van der Waals surface area contributed by atoms with Crippen LogP contribution in [-0.4, -0.2) is 48.6 Å². The Morgan fingerprint density at radius 3 is 2.44 bits per heavy atom. The lowest BCUT2D eigenvalue weighted by molar-refractivity contribution is -0.131. The Bertz CT molecular complexity index is 1090. The smallest absolute Gasteiger partial charge is 0.342 e. The van der Waals surface area contributed by atoms with Crippen LogP contribution in [0.1, 0.15) is 25.0 Å². The quantitative estimate of drug-likeness (QED) is 0.382. The lowest BCUT2D eigenvalue weighted by Gasteiger charge is -2.25. The van der Waals surface area contributed by atoms with E-state index in [4.69, 9.17) is 18.3 Å². The minimum Gasteiger partial charge on any atom is -0.497 e. The fourth-order valence-electron chi connectivity index (χ4n) is 3.36. The van der Waals surface area contributed by atoms with Crippen molar-refractivity contribution in [2.24, 2.45) is 0 Å². The lowest BCUT2D eigenvalue weighted by atomic mass is 10.1. The van der Waals surface area contributed by atoms with Crippen LogP contribution < -0.4 is 14.4 Å². The average molecular weight is 458 g/mol. The van der Waals surface area contributed by atoms with E-state index in [0.29, 0.717) is 22.8 Å². The maximum atomic E-state index is 11.8. The van der Waals surface area contributed by atoms with Crippen molar-refractivity contribution in [3.8, 4) is 23.0 Å². The van der Waals surface area contributed by atoms with Gasteiger partial charge in [0.05, 0.1) is 14.2 Å². The van der Waals surface area contributed by atoms with Gasteiger partial charge >= 0.3 is 5.97 Å². The summed E-state index contributed by atoms with van der Waals surface area (Å²) in [6, 6.07) is 8.80. The van der Waals surface area contributed by atoms with Gasteiger partial charge in [0, 0.05) is 36.9 Å². The molecule has 3 heterocycles. The van der Waals surface area contributed by atoms with E-state index in [1.165, 1.54) is 12.5 Å². The molecule has 2 aromatic heterocycles. The van der Waals surface area contributed by atoms with Crippen molar-refractivity contribution in [3.63, 3.8) is 0 Å². The summed E-state index contributed by atoms with van der Waals surface area (Å²) >= 11 is 0.857. The van der Waals surface area contributed by atoms with Gasteiger partial charge in [0.25, 0.3) is 5.22 Å². The van der Waals surface area contributed by atoms with Crippen LogP contribution in [0.5, 0.6) is 11.5 Å². The molecule has 1 aliphatic rings. The van der Waals surface area contributed by atoms with Crippen LogP contribution >= 0.6 is 11.8 Å². The second kappa shape index (κ2) is 9.82. The van der Waals surface area contributed by atoms with Crippen molar-refractivity contribution in [2.45, 2.75) is 24.5 Å². The summed E-state index contributed by atoms with van der Waals surface area (Å²) in [7, 11) is 3.09. The number of nitrogens with zero attached hydrogens (tertiary/aromatic N) is 3. The number of aliphatic carboxylic acids is 1. The zero-order chi connectivity index (χ0) is 22.5. The van der Waals surface area contributed by atoms with E-state index in [1.807, 2.05) is 6.07 Å².